The maximum atomic E-state index is 13.6. The number of allylic oxidation sites excluding steroid dienone is 1. The third-order valence-electron chi connectivity index (χ3n) is 7.78. The topological polar surface area (TPSA) is 53.1 Å². The van der Waals surface area contributed by atoms with Gasteiger partial charge in [0.25, 0.3) is 5.92 Å². The quantitative estimate of drug-likeness (QED) is 0.212. The molecule has 2 aromatic heterocycles. The van der Waals surface area contributed by atoms with Crippen LogP contribution >= 0.6 is 0 Å². The molecule has 0 saturated carbocycles. The lowest BCUT2D eigenvalue weighted by molar-refractivity contribution is -0.0566. The van der Waals surface area contributed by atoms with E-state index in [1.165, 1.54) is 0 Å². The van der Waals surface area contributed by atoms with Crippen LogP contribution in [0.15, 0.2) is 80.4 Å². The van der Waals surface area contributed by atoms with Gasteiger partial charge < -0.3 is 10.6 Å². The third-order valence-corrected chi connectivity index (χ3v) is 7.78. The summed E-state index contributed by atoms with van der Waals surface area (Å²) < 4.78 is 27.1. The average Bonchev–Trinajstić information content (AvgIpc) is 2.97. The number of pyridine rings is 2. The van der Waals surface area contributed by atoms with Gasteiger partial charge in [-0.25, -0.2) is 8.78 Å². The van der Waals surface area contributed by atoms with Crippen molar-refractivity contribution in [2.75, 3.05) is 18.4 Å². The normalized spacial score (nSPS) is 14.6. The van der Waals surface area contributed by atoms with E-state index in [1.807, 2.05) is 31.5 Å². The fourth-order valence-corrected chi connectivity index (χ4v) is 5.03. The summed E-state index contributed by atoms with van der Waals surface area (Å²) >= 11 is 0. The maximum Gasteiger partial charge on any atom is 0.250 e. The van der Waals surface area contributed by atoms with Gasteiger partial charge in [-0.05, 0) is 71.9 Å². The Morgan fingerprint density at radius 1 is 0.976 bits per heavy atom. The largest absolute Gasteiger partial charge is 0.381 e. The molecule has 0 aliphatic carbocycles. The van der Waals surface area contributed by atoms with Crippen LogP contribution in [-0.2, 0) is 6.54 Å². The fourth-order valence-electron chi connectivity index (χ4n) is 5.03. The van der Waals surface area contributed by atoms with Gasteiger partial charge in [0.05, 0.1) is 23.3 Å². The Balaban J connectivity index is 0.00000484. The molecule has 4 rings (SSSR count). The van der Waals surface area contributed by atoms with Gasteiger partial charge in [-0.1, -0.05) is 53.1 Å². The first-order valence-electron chi connectivity index (χ1n) is 14.3. The Morgan fingerprint density at radius 3 is 2.33 bits per heavy atom. The summed E-state index contributed by atoms with van der Waals surface area (Å²) in [6, 6.07) is 12.6. The SMILES string of the molecule is C.C=C(Nc1ccc(C(=C)NC(CC)CC)nc1)C(=C)c1cc(-c2cncc(CN3CCC(F)(F)CC3)c2)ccc1C. The van der Waals surface area contributed by atoms with Gasteiger partial charge in [0.1, 0.15) is 0 Å². The highest BCUT2D eigenvalue weighted by atomic mass is 19.3. The smallest absolute Gasteiger partial charge is 0.250 e. The number of hydrogen-bond donors (Lipinski definition) is 2. The molecule has 42 heavy (non-hydrogen) atoms. The Hall–Kier alpha value is -3.84. The summed E-state index contributed by atoms with van der Waals surface area (Å²) in [4.78, 5) is 11.1. The number of rotatable bonds is 12. The molecule has 0 amide bonds. The molecule has 0 atom stereocenters. The van der Waals surface area contributed by atoms with Crippen LogP contribution in [0.4, 0.5) is 14.5 Å². The van der Waals surface area contributed by atoms with Crippen LogP contribution in [0, 0.1) is 6.92 Å². The van der Waals surface area contributed by atoms with Crippen LogP contribution in [0.1, 0.15) is 69.3 Å². The average molecular weight is 574 g/mol. The monoisotopic (exact) mass is 573 g/mol. The van der Waals surface area contributed by atoms with Crippen molar-refractivity contribution in [1.29, 1.82) is 0 Å². The summed E-state index contributed by atoms with van der Waals surface area (Å²) in [6.07, 6.45) is 7.30. The first-order chi connectivity index (χ1) is 19.6. The Morgan fingerprint density at radius 2 is 1.69 bits per heavy atom. The first-order valence-corrected chi connectivity index (χ1v) is 14.3. The van der Waals surface area contributed by atoms with Gasteiger partial charge in [0, 0.05) is 62.2 Å². The summed E-state index contributed by atoms with van der Waals surface area (Å²) in [5.74, 6) is -2.55. The molecule has 1 aliphatic rings. The number of aryl methyl sites for hydroxylation is 1. The molecule has 3 heterocycles. The van der Waals surface area contributed by atoms with Gasteiger partial charge in [0.15, 0.2) is 0 Å². The van der Waals surface area contributed by atoms with Crippen LogP contribution < -0.4 is 10.6 Å². The maximum absolute atomic E-state index is 13.6. The van der Waals surface area contributed by atoms with Crippen molar-refractivity contribution >= 4 is 17.0 Å². The van der Waals surface area contributed by atoms with E-state index in [0.717, 1.165) is 63.3 Å². The third kappa shape index (κ3) is 8.35. The molecule has 2 N–H and O–H groups in total. The Bertz CT molecular complexity index is 1380. The van der Waals surface area contributed by atoms with E-state index in [4.69, 9.17) is 0 Å². The van der Waals surface area contributed by atoms with E-state index in [9.17, 15) is 8.78 Å². The zero-order valence-corrected chi connectivity index (χ0v) is 24.4. The minimum absolute atomic E-state index is 0. The molecule has 0 bridgehead atoms. The van der Waals surface area contributed by atoms with Crippen molar-refractivity contribution in [1.82, 2.24) is 20.2 Å². The van der Waals surface area contributed by atoms with Crippen molar-refractivity contribution in [3.8, 4) is 11.1 Å². The van der Waals surface area contributed by atoms with Crippen LogP contribution in [0.3, 0.4) is 0 Å². The van der Waals surface area contributed by atoms with Crippen molar-refractivity contribution in [2.24, 2.45) is 0 Å². The lowest BCUT2D eigenvalue weighted by Gasteiger charge is -2.31. The predicted octanol–water partition coefficient (Wildman–Crippen LogP) is 8.71. The number of benzene rings is 1. The van der Waals surface area contributed by atoms with Gasteiger partial charge in [-0.15, -0.1) is 0 Å². The van der Waals surface area contributed by atoms with E-state index in [-0.39, 0.29) is 20.3 Å². The fraction of sp³-hybridized carbons (Fsp3) is 0.371. The lowest BCUT2D eigenvalue weighted by Crippen LogP contribution is -2.38. The second-order valence-corrected chi connectivity index (χ2v) is 10.9. The Kier molecular flexibility index (Phi) is 11.2. The Labute approximate surface area is 250 Å². The standard InChI is InChI=1S/C34H41F2N5.CH4/c1-7-30(8-2)40-26(6)33-12-11-31(21-38-33)39-25(5)24(4)32-18-28(10-9-23(32)3)29-17-27(19-37-20-29)22-41-15-13-34(35,36)14-16-41;/h9-12,17-21,30,39-40H,4-8,13-16,22H2,1-3H3;1H4. The van der Waals surface area contributed by atoms with Gasteiger partial charge in [-0.3, -0.25) is 14.9 Å². The molecule has 1 saturated heterocycles. The molecule has 224 valence electrons. The molecule has 1 aromatic carbocycles. The molecule has 0 spiro atoms. The zero-order chi connectivity index (χ0) is 29.6. The number of halogens is 2. The highest BCUT2D eigenvalue weighted by Crippen LogP contribution is 2.31. The molecule has 0 unspecified atom stereocenters. The number of piperidine rings is 1. The minimum Gasteiger partial charge on any atom is -0.381 e. The summed E-state index contributed by atoms with van der Waals surface area (Å²) in [5, 5.41) is 6.78. The van der Waals surface area contributed by atoms with Crippen molar-refractivity contribution < 1.29 is 8.78 Å². The number of anilines is 1. The number of alkyl halides is 2. The molecule has 0 radical (unpaired) electrons. The summed E-state index contributed by atoms with van der Waals surface area (Å²) in [5.41, 5.74) is 8.96. The number of hydrogen-bond acceptors (Lipinski definition) is 5. The molecule has 5 nitrogen and oxygen atoms in total. The highest BCUT2D eigenvalue weighted by Gasteiger charge is 2.33. The molecule has 1 fully saturated rings. The molecule has 7 heteroatoms. The molecular weight excluding hydrogens is 528 g/mol. The van der Waals surface area contributed by atoms with E-state index in [0.29, 0.717) is 31.4 Å². The van der Waals surface area contributed by atoms with Crippen LogP contribution in [-0.4, -0.2) is 39.9 Å². The predicted molar refractivity (Wildman–Crippen MR) is 173 cm³/mol. The summed E-state index contributed by atoms with van der Waals surface area (Å²) in [7, 11) is 0. The van der Waals surface area contributed by atoms with Crippen molar-refractivity contribution in [2.45, 2.75) is 72.4 Å². The first kappa shape index (κ1) is 32.7. The van der Waals surface area contributed by atoms with Gasteiger partial charge >= 0.3 is 0 Å². The number of aromatic nitrogens is 2. The van der Waals surface area contributed by atoms with E-state index in [1.54, 1.807) is 6.20 Å². The van der Waals surface area contributed by atoms with Crippen LogP contribution in [0.25, 0.3) is 22.4 Å². The summed E-state index contributed by atoms with van der Waals surface area (Å²) in [6.45, 7) is 20.5. The number of likely N-dealkylation sites (tertiary alicyclic amines) is 1. The van der Waals surface area contributed by atoms with E-state index >= 15 is 0 Å². The van der Waals surface area contributed by atoms with Crippen molar-refractivity contribution in [3.05, 3.63) is 103 Å². The van der Waals surface area contributed by atoms with Gasteiger partial charge in [-0.2, -0.15) is 0 Å². The van der Waals surface area contributed by atoms with E-state index < -0.39 is 5.92 Å². The number of nitrogens with zero attached hydrogens (tertiary/aromatic N) is 3. The second-order valence-electron chi connectivity index (χ2n) is 10.9. The van der Waals surface area contributed by atoms with Gasteiger partial charge in [0.2, 0.25) is 0 Å². The van der Waals surface area contributed by atoms with Crippen molar-refractivity contribution in [3.63, 3.8) is 0 Å². The highest BCUT2D eigenvalue weighted by molar-refractivity contribution is 5.84. The molecular formula is C35H45F2N5. The number of nitrogens with one attached hydrogen (secondary N) is 2. The van der Waals surface area contributed by atoms with Crippen LogP contribution in [0.2, 0.25) is 0 Å². The zero-order valence-electron chi connectivity index (χ0n) is 24.4. The second kappa shape index (κ2) is 14.4. The van der Waals surface area contributed by atoms with Crippen LogP contribution in [0.5, 0.6) is 0 Å². The molecule has 3 aromatic rings. The molecule has 1 aliphatic heterocycles. The minimum atomic E-state index is -2.55. The van der Waals surface area contributed by atoms with E-state index in [2.05, 4.69) is 83.4 Å². The lowest BCUT2D eigenvalue weighted by atomic mass is 9.94.